The number of carbonyl (C=O) groups is 2. The average Bonchev–Trinajstić information content (AvgIpc) is 2.55. The third-order valence-corrected chi connectivity index (χ3v) is 1.44. The van der Waals surface area contributed by atoms with E-state index >= 15 is 0 Å². The fourth-order valence-corrected chi connectivity index (χ4v) is 0.666. The minimum Gasteiger partial charge on any atom is -0.451 e. The topological polar surface area (TPSA) is 98.2 Å². The number of aromatic nitrogens is 1. The Balaban J connectivity index is 2.56. The predicted molar refractivity (Wildman–Crippen MR) is 42.6 cm³/mol. The third-order valence-electron chi connectivity index (χ3n) is 1.44. The summed E-state index contributed by atoms with van der Waals surface area (Å²) in [5, 5.41) is 2.35. The van der Waals surface area contributed by atoms with Gasteiger partial charge in [0.25, 0.3) is 5.91 Å². The first kappa shape index (κ1) is 9.24. The molecule has 0 saturated carbocycles. The molecule has 0 fully saturated rings. The van der Waals surface area contributed by atoms with E-state index in [-0.39, 0.29) is 5.69 Å². The minimum absolute atomic E-state index is 0.119. The molecule has 1 aromatic rings. The van der Waals surface area contributed by atoms with Gasteiger partial charge in [0.1, 0.15) is 12.3 Å². The van der Waals surface area contributed by atoms with Gasteiger partial charge in [0.05, 0.1) is 0 Å². The minimum atomic E-state index is -0.718. The molecule has 1 atom stereocenters. The van der Waals surface area contributed by atoms with E-state index in [2.05, 4.69) is 14.7 Å². The van der Waals surface area contributed by atoms with E-state index in [4.69, 9.17) is 5.73 Å². The van der Waals surface area contributed by atoms with Crippen molar-refractivity contribution in [3.05, 3.63) is 18.4 Å². The van der Waals surface area contributed by atoms with Gasteiger partial charge in [-0.2, -0.15) is 0 Å². The molecule has 6 nitrogen and oxygen atoms in total. The van der Waals surface area contributed by atoms with Crippen molar-refractivity contribution in [2.75, 3.05) is 0 Å². The summed E-state index contributed by atoms with van der Waals surface area (Å²) in [7, 11) is 0. The average molecular weight is 183 g/mol. The van der Waals surface area contributed by atoms with Gasteiger partial charge < -0.3 is 15.5 Å². The molecule has 0 spiro atoms. The molecule has 0 aliphatic carbocycles. The maximum Gasteiger partial charge on any atom is 0.273 e. The van der Waals surface area contributed by atoms with Gasteiger partial charge in [0.2, 0.25) is 5.91 Å². The largest absolute Gasteiger partial charge is 0.451 e. The summed E-state index contributed by atoms with van der Waals surface area (Å²) in [4.78, 5) is 25.3. The van der Waals surface area contributed by atoms with Crippen LogP contribution in [0.25, 0.3) is 0 Å². The van der Waals surface area contributed by atoms with Crippen molar-refractivity contribution in [2.45, 2.75) is 13.0 Å². The first-order chi connectivity index (χ1) is 6.11. The fourth-order valence-electron chi connectivity index (χ4n) is 0.666. The van der Waals surface area contributed by atoms with Crippen molar-refractivity contribution < 1.29 is 14.0 Å². The first-order valence-corrected chi connectivity index (χ1v) is 3.59. The molecular weight excluding hydrogens is 174 g/mol. The Kier molecular flexibility index (Phi) is 2.63. The van der Waals surface area contributed by atoms with Crippen molar-refractivity contribution in [3.8, 4) is 0 Å². The zero-order chi connectivity index (χ0) is 9.84. The lowest BCUT2D eigenvalue weighted by molar-refractivity contribution is -0.119. The molecule has 1 rings (SSSR count). The number of nitrogens with two attached hydrogens (primary N) is 1. The highest BCUT2D eigenvalue weighted by atomic mass is 16.3. The van der Waals surface area contributed by atoms with E-state index in [0.29, 0.717) is 0 Å². The maximum atomic E-state index is 11.2. The molecule has 2 amide bonds. The zero-order valence-corrected chi connectivity index (χ0v) is 6.98. The number of oxazole rings is 1. The Bertz CT molecular complexity index is 307. The Labute approximate surface area is 74.1 Å². The predicted octanol–water partition coefficient (Wildman–Crippen LogP) is -0.722. The molecule has 0 aliphatic heterocycles. The number of amides is 2. The van der Waals surface area contributed by atoms with Crippen molar-refractivity contribution in [1.82, 2.24) is 10.3 Å². The fraction of sp³-hybridized carbons (Fsp3) is 0.286. The number of hydrogen-bond acceptors (Lipinski definition) is 4. The number of hydrogen-bond donors (Lipinski definition) is 2. The van der Waals surface area contributed by atoms with E-state index in [1.165, 1.54) is 13.2 Å². The van der Waals surface area contributed by atoms with E-state index < -0.39 is 17.9 Å². The van der Waals surface area contributed by atoms with Crippen molar-refractivity contribution in [1.29, 1.82) is 0 Å². The molecule has 0 radical (unpaired) electrons. The van der Waals surface area contributed by atoms with Gasteiger partial charge in [-0.05, 0) is 6.92 Å². The van der Waals surface area contributed by atoms with Gasteiger partial charge in [-0.3, -0.25) is 9.59 Å². The van der Waals surface area contributed by atoms with Gasteiger partial charge in [-0.15, -0.1) is 0 Å². The van der Waals surface area contributed by atoms with Crippen LogP contribution in [0.15, 0.2) is 17.1 Å². The molecule has 70 valence electrons. The van der Waals surface area contributed by atoms with E-state index in [9.17, 15) is 9.59 Å². The molecule has 0 bridgehead atoms. The molecule has 0 saturated heterocycles. The van der Waals surface area contributed by atoms with Crippen LogP contribution in [0.3, 0.4) is 0 Å². The van der Waals surface area contributed by atoms with Gasteiger partial charge in [-0.25, -0.2) is 4.98 Å². The molecule has 0 aromatic carbocycles. The first-order valence-electron chi connectivity index (χ1n) is 3.59. The van der Waals surface area contributed by atoms with Gasteiger partial charge in [0.15, 0.2) is 12.1 Å². The summed E-state index contributed by atoms with van der Waals surface area (Å²) in [6, 6.07) is -0.718. The van der Waals surface area contributed by atoms with Crippen molar-refractivity contribution in [3.63, 3.8) is 0 Å². The van der Waals surface area contributed by atoms with E-state index in [1.807, 2.05) is 0 Å². The van der Waals surface area contributed by atoms with Crippen LogP contribution >= 0.6 is 0 Å². The SMILES string of the molecule is C[C@H](NC(=O)c1cocn1)C(N)=O. The number of rotatable bonds is 3. The molecule has 13 heavy (non-hydrogen) atoms. The van der Waals surface area contributed by atoms with E-state index in [1.54, 1.807) is 0 Å². The lowest BCUT2D eigenvalue weighted by atomic mass is 10.3. The molecule has 0 unspecified atom stereocenters. The summed E-state index contributed by atoms with van der Waals surface area (Å²) in [6.45, 7) is 1.49. The summed E-state index contributed by atoms with van der Waals surface area (Å²) in [6.07, 6.45) is 2.31. The molecule has 1 heterocycles. The molecule has 1 aromatic heterocycles. The molecular formula is C7H9N3O3. The summed E-state index contributed by atoms with van der Waals surface area (Å²) < 4.78 is 4.59. The number of nitrogens with zero attached hydrogens (tertiary/aromatic N) is 1. The Hall–Kier alpha value is -1.85. The summed E-state index contributed by atoms with van der Waals surface area (Å²) in [5.74, 6) is -1.09. The highest BCUT2D eigenvalue weighted by Crippen LogP contribution is 1.94. The van der Waals surface area contributed by atoms with E-state index in [0.717, 1.165) is 6.39 Å². The normalized spacial score (nSPS) is 12.1. The zero-order valence-electron chi connectivity index (χ0n) is 6.98. The lowest BCUT2D eigenvalue weighted by Gasteiger charge is -2.07. The standard InChI is InChI=1S/C7H9N3O3/c1-4(6(8)11)10-7(12)5-2-13-3-9-5/h2-4H,1H3,(H2,8,11)(H,10,12)/t4-/m0/s1. The third kappa shape index (κ3) is 2.29. The summed E-state index contributed by atoms with van der Waals surface area (Å²) in [5.41, 5.74) is 5.06. The second-order valence-electron chi connectivity index (χ2n) is 2.47. The van der Waals surface area contributed by atoms with Crippen LogP contribution in [0.1, 0.15) is 17.4 Å². The van der Waals surface area contributed by atoms with Crippen LogP contribution in [-0.4, -0.2) is 22.8 Å². The molecule has 6 heteroatoms. The van der Waals surface area contributed by atoms with Crippen LogP contribution in [0.5, 0.6) is 0 Å². The van der Waals surface area contributed by atoms with Gasteiger partial charge in [0, 0.05) is 0 Å². The lowest BCUT2D eigenvalue weighted by Crippen LogP contribution is -2.42. The Morgan fingerprint density at radius 1 is 1.69 bits per heavy atom. The van der Waals surface area contributed by atoms with Crippen LogP contribution < -0.4 is 11.1 Å². The van der Waals surface area contributed by atoms with Crippen LogP contribution in [0, 0.1) is 0 Å². The molecule has 3 N–H and O–H groups in total. The smallest absolute Gasteiger partial charge is 0.273 e. The van der Waals surface area contributed by atoms with Crippen molar-refractivity contribution >= 4 is 11.8 Å². The van der Waals surface area contributed by atoms with Crippen LogP contribution in [0.4, 0.5) is 0 Å². The monoisotopic (exact) mass is 183 g/mol. The Morgan fingerprint density at radius 3 is 2.85 bits per heavy atom. The number of carbonyl (C=O) groups excluding carboxylic acids is 2. The van der Waals surface area contributed by atoms with Gasteiger partial charge in [-0.1, -0.05) is 0 Å². The van der Waals surface area contributed by atoms with Crippen LogP contribution in [0.2, 0.25) is 0 Å². The number of nitrogens with one attached hydrogen (secondary N) is 1. The maximum absolute atomic E-state index is 11.2. The van der Waals surface area contributed by atoms with Crippen molar-refractivity contribution in [2.24, 2.45) is 5.73 Å². The summed E-state index contributed by atoms with van der Waals surface area (Å²) >= 11 is 0. The van der Waals surface area contributed by atoms with Crippen LogP contribution in [-0.2, 0) is 4.79 Å². The highest BCUT2D eigenvalue weighted by Gasteiger charge is 2.14. The Morgan fingerprint density at radius 2 is 2.38 bits per heavy atom. The second-order valence-corrected chi connectivity index (χ2v) is 2.47. The van der Waals surface area contributed by atoms with Gasteiger partial charge >= 0.3 is 0 Å². The quantitative estimate of drug-likeness (QED) is 0.645. The number of primary amides is 1. The second kappa shape index (κ2) is 3.70. The highest BCUT2D eigenvalue weighted by molar-refractivity contribution is 5.95. The molecule has 0 aliphatic rings.